The zero-order chi connectivity index (χ0) is 26.7. The van der Waals surface area contributed by atoms with Crippen molar-refractivity contribution in [2.45, 2.75) is 25.9 Å². The number of phenolic OH excluding ortho intramolecular Hbond substituents is 1. The highest BCUT2D eigenvalue weighted by atomic mass is 35.5. The van der Waals surface area contributed by atoms with Crippen LogP contribution in [0.15, 0.2) is 65.8 Å². The van der Waals surface area contributed by atoms with Crippen molar-refractivity contribution in [3.63, 3.8) is 0 Å². The standard InChI is InChI=1S/C29H29ClFN5O2/c1-17(2)36-15-20-14-34(16-26(20)36)27-11-19(6-7-32-27)23-13-21(31)12-22(28(23)37)18-4-5-25(24(30)10-18)35-9-8-33(3)29(35)38/h4-13,17,20,26,37H,14-16H2,1-3H3. The highest BCUT2D eigenvalue weighted by Gasteiger charge is 2.46. The van der Waals surface area contributed by atoms with E-state index in [2.05, 4.69) is 28.6 Å². The van der Waals surface area contributed by atoms with Gasteiger partial charge >= 0.3 is 5.69 Å². The van der Waals surface area contributed by atoms with Crippen LogP contribution < -0.4 is 10.6 Å². The van der Waals surface area contributed by atoms with Crippen LogP contribution in [0.5, 0.6) is 5.75 Å². The number of aromatic nitrogens is 3. The Morgan fingerprint density at radius 3 is 2.42 bits per heavy atom. The van der Waals surface area contributed by atoms with Gasteiger partial charge in [0.05, 0.1) is 10.7 Å². The summed E-state index contributed by atoms with van der Waals surface area (Å²) in [5.41, 5.74) is 2.21. The Morgan fingerprint density at radius 2 is 1.76 bits per heavy atom. The van der Waals surface area contributed by atoms with Crippen LogP contribution in [0.4, 0.5) is 10.2 Å². The molecule has 2 aromatic carbocycles. The van der Waals surface area contributed by atoms with E-state index in [9.17, 15) is 14.3 Å². The summed E-state index contributed by atoms with van der Waals surface area (Å²) >= 11 is 6.53. The number of hydrogen-bond donors (Lipinski definition) is 1. The molecule has 0 saturated carbocycles. The maximum atomic E-state index is 14.9. The molecule has 4 heterocycles. The van der Waals surface area contributed by atoms with Crippen molar-refractivity contribution in [1.29, 1.82) is 0 Å². The van der Waals surface area contributed by atoms with E-state index in [1.54, 1.807) is 49.9 Å². The zero-order valence-corrected chi connectivity index (χ0v) is 22.2. The lowest BCUT2D eigenvalue weighted by Crippen LogP contribution is -2.58. The van der Waals surface area contributed by atoms with Gasteiger partial charge in [-0.15, -0.1) is 0 Å². The number of fused-ring (bicyclic) bond motifs is 1. The van der Waals surface area contributed by atoms with Gasteiger partial charge in [-0.3, -0.25) is 9.47 Å². The summed E-state index contributed by atoms with van der Waals surface area (Å²) in [6.45, 7) is 7.41. The molecule has 2 fully saturated rings. The molecule has 7 nitrogen and oxygen atoms in total. The molecule has 4 aromatic rings. The van der Waals surface area contributed by atoms with Crippen LogP contribution in [-0.2, 0) is 7.05 Å². The summed E-state index contributed by atoms with van der Waals surface area (Å²) in [6.07, 6.45) is 4.99. The SMILES string of the molecule is CC(C)N1CC2CN(c3cc(-c4cc(F)cc(-c5ccc(-n6ccn(C)c6=O)c(Cl)c5)c4O)ccn3)CC21. The first-order valence-electron chi connectivity index (χ1n) is 12.7. The predicted octanol–water partition coefficient (Wildman–Crippen LogP) is 4.93. The van der Waals surface area contributed by atoms with E-state index < -0.39 is 5.82 Å². The minimum Gasteiger partial charge on any atom is -0.507 e. The van der Waals surface area contributed by atoms with E-state index >= 15 is 0 Å². The second kappa shape index (κ2) is 9.29. The maximum absolute atomic E-state index is 14.9. The summed E-state index contributed by atoms with van der Waals surface area (Å²) in [5.74, 6) is 0.942. The molecule has 0 aliphatic carbocycles. The Balaban J connectivity index is 1.33. The van der Waals surface area contributed by atoms with Crippen molar-refractivity contribution in [1.82, 2.24) is 19.0 Å². The summed E-state index contributed by atoms with van der Waals surface area (Å²) in [6, 6.07) is 12.4. The van der Waals surface area contributed by atoms with Gasteiger partial charge in [0.1, 0.15) is 17.4 Å². The largest absolute Gasteiger partial charge is 0.507 e. The maximum Gasteiger partial charge on any atom is 0.332 e. The fourth-order valence-corrected chi connectivity index (χ4v) is 6.05. The lowest BCUT2D eigenvalue weighted by molar-refractivity contribution is 0.0218. The second-order valence-electron chi connectivity index (χ2n) is 10.5. The third-order valence-electron chi connectivity index (χ3n) is 7.86. The molecule has 2 unspecified atom stereocenters. The average molecular weight is 534 g/mol. The number of pyridine rings is 1. The van der Waals surface area contributed by atoms with E-state index in [0.29, 0.717) is 51.0 Å². The Bertz CT molecular complexity index is 1600. The monoisotopic (exact) mass is 533 g/mol. The van der Waals surface area contributed by atoms with Crippen LogP contribution in [0.1, 0.15) is 13.8 Å². The number of aromatic hydroxyl groups is 1. The molecule has 0 radical (unpaired) electrons. The van der Waals surface area contributed by atoms with Crippen LogP contribution in [-0.4, -0.2) is 55.8 Å². The molecule has 2 aliphatic heterocycles. The van der Waals surface area contributed by atoms with Gasteiger partial charge in [-0.25, -0.2) is 14.2 Å². The number of halogens is 2. The minimum atomic E-state index is -0.475. The summed E-state index contributed by atoms with van der Waals surface area (Å²) < 4.78 is 17.8. The van der Waals surface area contributed by atoms with Crippen LogP contribution in [0.3, 0.4) is 0 Å². The first-order chi connectivity index (χ1) is 18.2. The molecule has 2 atom stereocenters. The molecule has 6 rings (SSSR count). The van der Waals surface area contributed by atoms with E-state index in [0.717, 1.165) is 25.5 Å². The van der Waals surface area contributed by atoms with Crippen molar-refractivity contribution < 1.29 is 9.50 Å². The van der Waals surface area contributed by atoms with Gasteiger partial charge in [-0.05, 0) is 61.4 Å². The van der Waals surface area contributed by atoms with Gasteiger partial charge in [-0.1, -0.05) is 17.7 Å². The molecule has 0 spiro atoms. The van der Waals surface area contributed by atoms with Crippen LogP contribution >= 0.6 is 11.6 Å². The van der Waals surface area contributed by atoms with E-state index in [1.807, 2.05) is 6.07 Å². The molecule has 38 heavy (non-hydrogen) atoms. The van der Waals surface area contributed by atoms with Gasteiger partial charge in [0.15, 0.2) is 0 Å². The topological polar surface area (TPSA) is 66.5 Å². The number of nitrogens with zero attached hydrogens (tertiary/aromatic N) is 5. The molecule has 2 aromatic heterocycles. The van der Waals surface area contributed by atoms with Gasteiger partial charge in [0.25, 0.3) is 0 Å². The lowest BCUT2D eigenvalue weighted by atomic mass is 9.90. The molecule has 2 saturated heterocycles. The predicted molar refractivity (Wildman–Crippen MR) is 148 cm³/mol. The van der Waals surface area contributed by atoms with Crippen LogP contribution in [0.2, 0.25) is 5.02 Å². The quantitative estimate of drug-likeness (QED) is 0.394. The molecule has 2 aliphatic rings. The van der Waals surface area contributed by atoms with Gasteiger partial charge in [0.2, 0.25) is 0 Å². The van der Waals surface area contributed by atoms with Crippen molar-refractivity contribution in [3.05, 3.63) is 82.4 Å². The van der Waals surface area contributed by atoms with Crippen molar-refractivity contribution in [3.8, 4) is 33.7 Å². The number of phenols is 1. The Kier molecular flexibility index (Phi) is 6.04. The average Bonchev–Trinajstić information content (AvgIpc) is 3.39. The van der Waals surface area contributed by atoms with Gasteiger partial charge < -0.3 is 14.6 Å². The summed E-state index contributed by atoms with van der Waals surface area (Å²) in [7, 11) is 1.66. The smallest absolute Gasteiger partial charge is 0.332 e. The van der Waals surface area contributed by atoms with Crippen LogP contribution in [0, 0.1) is 11.7 Å². The third kappa shape index (κ3) is 4.08. The summed E-state index contributed by atoms with van der Waals surface area (Å²) in [4.78, 5) is 21.7. The molecule has 196 valence electrons. The normalized spacial score (nSPS) is 19.2. The fraction of sp³-hybridized carbons (Fsp3) is 0.310. The molecular weight excluding hydrogens is 505 g/mol. The number of likely N-dealkylation sites (tertiary alicyclic amines) is 1. The molecular formula is C29H29ClFN5O2. The highest BCUT2D eigenvalue weighted by molar-refractivity contribution is 6.32. The third-order valence-corrected chi connectivity index (χ3v) is 8.16. The number of hydrogen-bond acceptors (Lipinski definition) is 5. The number of benzene rings is 2. The first kappa shape index (κ1) is 24.7. The van der Waals surface area contributed by atoms with E-state index in [1.165, 1.54) is 21.3 Å². The van der Waals surface area contributed by atoms with Crippen molar-refractivity contribution in [2.24, 2.45) is 13.0 Å². The van der Waals surface area contributed by atoms with Gasteiger partial charge in [-0.2, -0.15) is 0 Å². The highest BCUT2D eigenvalue weighted by Crippen LogP contribution is 2.42. The molecule has 0 amide bonds. The van der Waals surface area contributed by atoms with Crippen LogP contribution in [0.25, 0.3) is 27.9 Å². The lowest BCUT2D eigenvalue weighted by Gasteiger charge is -2.46. The Labute approximate surface area is 225 Å². The molecule has 0 bridgehead atoms. The minimum absolute atomic E-state index is 0.0447. The second-order valence-corrected chi connectivity index (χ2v) is 10.9. The zero-order valence-electron chi connectivity index (χ0n) is 21.5. The fourth-order valence-electron chi connectivity index (χ4n) is 5.77. The van der Waals surface area contributed by atoms with Crippen molar-refractivity contribution >= 4 is 17.4 Å². The van der Waals surface area contributed by atoms with Crippen molar-refractivity contribution in [2.75, 3.05) is 24.5 Å². The number of aryl methyl sites for hydroxylation is 1. The first-order valence-corrected chi connectivity index (χ1v) is 13.1. The van der Waals surface area contributed by atoms with E-state index in [4.69, 9.17) is 11.6 Å². The number of rotatable bonds is 5. The molecule has 1 N–H and O–H groups in total. The number of imidazole rings is 1. The molecule has 9 heteroatoms. The number of anilines is 1. The summed E-state index contributed by atoms with van der Waals surface area (Å²) in [5, 5.41) is 11.6. The Hall–Kier alpha value is -3.62. The van der Waals surface area contributed by atoms with Gasteiger partial charge in [0, 0.05) is 74.4 Å². The Morgan fingerprint density at radius 1 is 1.03 bits per heavy atom. The van der Waals surface area contributed by atoms with E-state index in [-0.39, 0.29) is 11.4 Å².